The molecule has 9 nitrogen and oxygen atoms in total. The summed E-state index contributed by atoms with van der Waals surface area (Å²) in [5, 5.41) is 5.52. The van der Waals surface area contributed by atoms with E-state index in [4.69, 9.17) is 4.99 Å². The highest BCUT2D eigenvalue weighted by atomic mass is 16.2. The van der Waals surface area contributed by atoms with E-state index in [0.717, 1.165) is 12.2 Å². The first kappa shape index (κ1) is 27.5. The van der Waals surface area contributed by atoms with E-state index < -0.39 is 23.5 Å². The molecule has 0 unspecified atom stereocenters. The van der Waals surface area contributed by atoms with E-state index in [1.165, 1.54) is 4.90 Å². The van der Waals surface area contributed by atoms with Crippen molar-refractivity contribution in [3.8, 4) is 0 Å². The SMILES string of the molecule is CCN(C)c1cccc(NC(=O)N[C@H]2N=C(c3ccccn3)c3ccccc3N(CC(=O)C(C)(C)C)C2=O)c1. The minimum absolute atomic E-state index is 0.119. The second-order valence-electron chi connectivity index (χ2n) is 10.4. The van der Waals surface area contributed by atoms with Crippen molar-refractivity contribution in [2.75, 3.05) is 35.3 Å². The highest BCUT2D eigenvalue weighted by Crippen LogP contribution is 2.29. The molecule has 1 aliphatic rings. The summed E-state index contributed by atoms with van der Waals surface area (Å²) in [5.41, 5.74) is 3.02. The number of ketones is 1. The topological polar surface area (TPSA) is 107 Å². The number of fused-ring (bicyclic) bond motifs is 1. The number of aliphatic imine (C=N–C) groups is 1. The normalized spacial score (nSPS) is 15.1. The minimum Gasteiger partial charge on any atom is -0.375 e. The second-order valence-corrected chi connectivity index (χ2v) is 10.4. The number of para-hydroxylation sites is 1. The number of hydrogen-bond acceptors (Lipinski definition) is 6. The Morgan fingerprint density at radius 2 is 1.77 bits per heavy atom. The van der Waals surface area contributed by atoms with Crippen molar-refractivity contribution >= 4 is 40.5 Å². The van der Waals surface area contributed by atoms with E-state index >= 15 is 0 Å². The average Bonchev–Trinajstić information content (AvgIpc) is 3.03. The number of carbonyl (C=O) groups excluding carboxylic acids is 3. The third-order valence-electron chi connectivity index (χ3n) is 6.54. The monoisotopic (exact) mass is 526 g/mol. The van der Waals surface area contributed by atoms with Crippen molar-refractivity contribution in [1.29, 1.82) is 0 Å². The Balaban J connectivity index is 1.71. The van der Waals surface area contributed by atoms with Gasteiger partial charge in [0.15, 0.2) is 5.78 Å². The van der Waals surface area contributed by atoms with Crippen LogP contribution in [0.5, 0.6) is 0 Å². The van der Waals surface area contributed by atoms with E-state index in [9.17, 15) is 14.4 Å². The fourth-order valence-corrected chi connectivity index (χ4v) is 4.07. The maximum absolute atomic E-state index is 13.9. The molecule has 0 radical (unpaired) electrons. The highest BCUT2D eigenvalue weighted by Gasteiger charge is 2.36. The molecular weight excluding hydrogens is 492 g/mol. The molecule has 9 heteroatoms. The quantitative estimate of drug-likeness (QED) is 0.472. The molecule has 202 valence electrons. The lowest BCUT2D eigenvalue weighted by Gasteiger charge is -2.28. The number of rotatable bonds is 7. The number of anilines is 3. The van der Waals surface area contributed by atoms with Crippen LogP contribution in [0.2, 0.25) is 0 Å². The first-order chi connectivity index (χ1) is 18.6. The van der Waals surface area contributed by atoms with Gasteiger partial charge in [0, 0.05) is 42.1 Å². The molecule has 0 bridgehead atoms. The van der Waals surface area contributed by atoms with Crippen LogP contribution in [0.3, 0.4) is 0 Å². The van der Waals surface area contributed by atoms with Crippen LogP contribution in [0, 0.1) is 5.41 Å². The van der Waals surface area contributed by atoms with Crippen molar-refractivity contribution in [3.05, 3.63) is 84.2 Å². The molecule has 3 aromatic rings. The van der Waals surface area contributed by atoms with E-state index in [2.05, 4.69) is 15.6 Å². The van der Waals surface area contributed by atoms with E-state index in [1.54, 1.807) is 36.5 Å². The smallest absolute Gasteiger partial charge is 0.321 e. The Morgan fingerprint density at radius 1 is 1.03 bits per heavy atom. The van der Waals surface area contributed by atoms with Crippen LogP contribution in [0.15, 0.2) is 77.9 Å². The number of amides is 3. The molecule has 0 aliphatic carbocycles. The molecule has 1 atom stereocenters. The highest BCUT2D eigenvalue weighted by molar-refractivity contribution is 6.20. The average molecular weight is 527 g/mol. The number of nitrogens with zero attached hydrogens (tertiary/aromatic N) is 4. The molecular formula is C30H34N6O3. The van der Waals surface area contributed by atoms with Gasteiger partial charge in [-0.25, -0.2) is 9.79 Å². The molecule has 39 heavy (non-hydrogen) atoms. The molecule has 2 aromatic carbocycles. The summed E-state index contributed by atoms with van der Waals surface area (Å²) in [7, 11) is 1.96. The van der Waals surface area contributed by atoms with Crippen molar-refractivity contribution in [3.63, 3.8) is 0 Å². The van der Waals surface area contributed by atoms with Crippen molar-refractivity contribution < 1.29 is 14.4 Å². The molecule has 0 fully saturated rings. The lowest BCUT2D eigenvalue weighted by molar-refractivity contribution is -0.127. The van der Waals surface area contributed by atoms with Crippen LogP contribution in [-0.4, -0.2) is 54.7 Å². The summed E-state index contributed by atoms with van der Waals surface area (Å²) in [5.74, 6) is -0.632. The number of benzodiazepines with no additional fused rings is 1. The first-order valence-corrected chi connectivity index (χ1v) is 12.9. The van der Waals surface area contributed by atoms with Crippen LogP contribution in [0.1, 0.15) is 39.0 Å². The largest absolute Gasteiger partial charge is 0.375 e. The van der Waals surface area contributed by atoms with Gasteiger partial charge in [-0.05, 0) is 43.3 Å². The Morgan fingerprint density at radius 3 is 2.46 bits per heavy atom. The third kappa shape index (κ3) is 6.31. The number of nitrogens with one attached hydrogen (secondary N) is 2. The number of pyridine rings is 1. The Hall–Kier alpha value is -4.53. The Labute approximate surface area is 229 Å². The zero-order valence-corrected chi connectivity index (χ0v) is 22.9. The summed E-state index contributed by atoms with van der Waals surface area (Å²) in [4.78, 5) is 52.7. The summed E-state index contributed by atoms with van der Waals surface area (Å²) in [6.45, 7) is 8.12. The number of benzene rings is 2. The number of aromatic nitrogens is 1. The molecule has 2 N–H and O–H groups in total. The molecule has 4 rings (SSSR count). The minimum atomic E-state index is -1.29. The fourth-order valence-electron chi connectivity index (χ4n) is 4.07. The molecule has 1 aromatic heterocycles. The van der Waals surface area contributed by atoms with Gasteiger partial charge in [-0.15, -0.1) is 0 Å². The van der Waals surface area contributed by atoms with Crippen LogP contribution >= 0.6 is 0 Å². The van der Waals surface area contributed by atoms with Crippen LogP contribution < -0.4 is 20.4 Å². The lowest BCUT2D eigenvalue weighted by Crippen LogP contribution is -2.50. The maximum Gasteiger partial charge on any atom is 0.321 e. The van der Waals surface area contributed by atoms with Crippen LogP contribution in [0.25, 0.3) is 0 Å². The lowest BCUT2D eigenvalue weighted by atomic mass is 9.90. The number of urea groups is 1. The van der Waals surface area contributed by atoms with Crippen LogP contribution in [-0.2, 0) is 9.59 Å². The number of Topliss-reactive ketones (excluding diaryl/α,β-unsaturated/α-hetero) is 1. The summed E-state index contributed by atoms with van der Waals surface area (Å²) in [6.07, 6.45) is 0.354. The van der Waals surface area contributed by atoms with Gasteiger partial charge in [0.05, 0.1) is 23.6 Å². The summed E-state index contributed by atoms with van der Waals surface area (Å²) in [6, 6.07) is 19.5. The predicted octanol–water partition coefficient (Wildman–Crippen LogP) is 4.48. The van der Waals surface area contributed by atoms with Crippen LogP contribution in [0.4, 0.5) is 21.9 Å². The zero-order valence-electron chi connectivity index (χ0n) is 22.9. The third-order valence-corrected chi connectivity index (χ3v) is 6.54. The molecule has 0 spiro atoms. The predicted molar refractivity (Wildman–Crippen MR) is 154 cm³/mol. The standard InChI is InChI=1S/C30H34N6O3/c1-6-35(5)21-13-11-12-20(18-21)32-29(39)34-27-28(38)36(19-25(37)30(2,3)4)24-16-8-7-14-22(24)26(33-27)23-15-9-10-17-31-23/h7-18,27H,6,19H2,1-5H3,(H2,32,34,39)/t27-/m1/s1. The van der Waals surface area contributed by atoms with Gasteiger partial charge in [0.2, 0.25) is 6.17 Å². The molecule has 1 aliphatic heterocycles. The van der Waals surface area contributed by atoms with E-state index in [0.29, 0.717) is 28.3 Å². The van der Waals surface area contributed by atoms with E-state index in [-0.39, 0.29) is 12.3 Å². The first-order valence-electron chi connectivity index (χ1n) is 12.9. The number of carbonyl (C=O) groups is 3. The van der Waals surface area contributed by atoms with Gasteiger partial charge in [0.1, 0.15) is 0 Å². The van der Waals surface area contributed by atoms with Gasteiger partial charge in [0.25, 0.3) is 5.91 Å². The Kier molecular flexibility index (Phi) is 8.09. The molecule has 0 saturated heterocycles. The maximum atomic E-state index is 13.9. The van der Waals surface area contributed by atoms with Crippen molar-refractivity contribution in [2.24, 2.45) is 10.4 Å². The Bertz CT molecular complexity index is 1400. The van der Waals surface area contributed by atoms with Gasteiger partial charge >= 0.3 is 6.03 Å². The van der Waals surface area contributed by atoms with E-state index in [1.807, 2.05) is 76.0 Å². The van der Waals surface area contributed by atoms with Crippen molar-refractivity contribution in [2.45, 2.75) is 33.9 Å². The van der Waals surface area contributed by atoms with Gasteiger partial charge < -0.3 is 20.4 Å². The fraction of sp³-hybridized carbons (Fsp3) is 0.300. The summed E-state index contributed by atoms with van der Waals surface area (Å²) >= 11 is 0. The van der Waals surface area contributed by atoms with Gasteiger partial charge in [-0.3, -0.25) is 14.6 Å². The molecule has 2 heterocycles. The summed E-state index contributed by atoms with van der Waals surface area (Å²) < 4.78 is 0. The number of hydrogen-bond donors (Lipinski definition) is 2. The molecule has 0 saturated carbocycles. The second kappa shape index (κ2) is 11.5. The van der Waals surface area contributed by atoms with Gasteiger partial charge in [-0.2, -0.15) is 0 Å². The zero-order chi connectivity index (χ0) is 28.2. The van der Waals surface area contributed by atoms with Gasteiger partial charge in [-0.1, -0.05) is 51.1 Å². The van der Waals surface area contributed by atoms with Crippen molar-refractivity contribution in [1.82, 2.24) is 10.3 Å². The molecule has 3 amide bonds.